The molecule has 0 saturated heterocycles. The van der Waals surface area contributed by atoms with Gasteiger partial charge in [-0.2, -0.15) is 0 Å². The first-order valence-electron chi connectivity index (χ1n) is 5.98. The van der Waals surface area contributed by atoms with E-state index in [9.17, 15) is 9.59 Å². The summed E-state index contributed by atoms with van der Waals surface area (Å²) in [5, 5.41) is 15.4. The predicted molar refractivity (Wildman–Crippen MR) is 69.8 cm³/mol. The monoisotopic (exact) mass is 275 g/mol. The first kappa shape index (κ1) is 13.7. The average Bonchev–Trinajstić information content (AvgIpc) is 2.80. The van der Waals surface area contributed by atoms with Crippen molar-refractivity contribution in [2.75, 3.05) is 5.32 Å². The van der Waals surface area contributed by atoms with Crippen LogP contribution >= 0.6 is 0 Å². The highest BCUT2D eigenvalue weighted by Gasteiger charge is 2.21. The number of hydrogen-bond acceptors (Lipinski definition) is 5. The standard InChI is InChI=1S/C13H13N3O4/c1-3-9-11(7(2)20-16-9)12(17)15-10-6-14-5-4-8(10)13(18)19/h4-6H,3H2,1-2H3,(H,15,17)(H,18,19). The summed E-state index contributed by atoms with van der Waals surface area (Å²) in [5.74, 6) is -1.21. The van der Waals surface area contributed by atoms with Crippen molar-refractivity contribution in [3.63, 3.8) is 0 Å². The lowest BCUT2D eigenvalue weighted by Gasteiger charge is -2.07. The lowest BCUT2D eigenvalue weighted by atomic mass is 10.1. The van der Waals surface area contributed by atoms with Crippen molar-refractivity contribution in [3.8, 4) is 0 Å². The first-order chi connectivity index (χ1) is 9.54. The molecule has 20 heavy (non-hydrogen) atoms. The largest absolute Gasteiger partial charge is 0.478 e. The van der Waals surface area contributed by atoms with Gasteiger partial charge in [-0.25, -0.2) is 4.79 Å². The second kappa shape index (κ2) is 5.52. The maximum absolute atomic E-state index is 12.2. The number of rotatable bonds is 4. The number of anilines is 1. The summed E-state index contributed by atoms with van der Waals surface area (Å²) >= 11 is 0. The lowest BCUT2D eigenvalue weighted by Crippen LogP contribution is -2.16. The fraction of sp³-hybridized carbons (Fsp3) is 0.231. The van der Waals surface area contributed by atoms with E-state index >= 15 is 0 Å². The van der Waals surface area contributed by atoms with Crippen molar-refractivity contribution in [1.29, 1.82) is 0 Å². The van der Waals surface area contributed by atoms with Gasteiger partial charge in [0.2, 0.25) is 0 Å². The van der Waals surface area contributed by atoms with E-state index in [-0.39, 0.29) is 11.3 Å². The molecule has 0 atom stereocenters. The summed E-state index contributed by atoms with van der Waals surface area (Å²) in [6.07, 6.45) is 3.18. The van der Waals surface area contributed by atoms with Crippen molar-refractivity contribution in [3.05, 3.63) is 41.0 Å². The number of hydrogen-bond donors (Lipinski definition) is 2. The van der Waals surface area contributed by atoms with Crippen molar-refractivity contribution in [2.24, 2.45) is 0 Å². The van der Waals surface area contributed by atoms with Crippen molar-refractivity contribution < 1.29 is 19.2 Å². The highest BCUT2D eigenvalue weighted by Crippen LogP contribution is 2.18. The molecule has 2 aromatic heterocycles. The van der Waals surface area contributed by atoms with Crippen LogP contribution in [-0.2, 0) is 6.42 Å². The number of carbonyl (C=O) groups is 2. The van der Waals surface area contributed by atoms with Gasteiger partial charge in [0.1, 0.15) is 11.3 Å². The van der Waals surface area contributed by atoms with Crippen LogP contribution in [0.1, 0.15) is 39.1 Å². The Labute approximate surface area is 114 Å². The van der Waals surface area contributed by atoms with E-state index in [1.54, 1.807) is 6.92 Å². The van der Waals surface area contributed by atoms with Crippen LogP contribution in [0.2, 0.25) is 0 Å². The van der Waals surface area contributed by atoms with E-state index in [4.69, 9.17) is 9.63 Å². The van der Waals surface area contributed by atoms with Crippen LogP contribution in [0.4, 0.5) is 5.69 Å². The third-order valence-electron chi connectivity index (χ3n) is 2.80. The minimum atomic E-state index is -1.14. The fourth-order valence-electron chi connectivity index (χ4n) is 1.82. The van der Waals surface area contributed by atoms with Crippen molar-refractivity contribution >= 4 is 17.6 Å². The molecule has 7 heteroatoms. The Balaban J connectivity index is 2.33. The summed E-state index contributed by atoms with van der Waals surface area (Å²) in [6.45, 7) is 3.48. The Kier molecular flexibility index (Phi) is 3.79. The summed E-state index contributed by atoms with van der Waals surface area (Å²) in [5.41, 5.74) is 0.960. The van der Waals surface area contributed by atoms with E-state index in [1.807, 2.05) is 6.92 Å². The number of aryl methyl sites for hydroxylation is 2. The zero-order valence-electron chi connectivity index (χ0n) is 11.0. The quantitative estimate of drug-likeness (QED) is 0.882. The third-order valence-corrected chi connectivity index (χ3v) is 2.80. The molecule has 7 nitrogen and oxygen atoms in total. The Morgan fingerprint density at radius 3 is 2.85 bits per heavy atom. The van der Waals surface area contributed by atoms with E-state index in [0.717, 1.165) is 0 Å². The Morgan fingerprint density at radius 2 is 2.20 bits per heavy atom. The molecule has 104 valence electrons. The molecule has 0 spiro atoms. The zero-order valence-corrected chi connectivity index (χ0v) is 11.0. The summed E-state index contributed by atoms with van der Waals surface area (Å²) in [6, 6.07) is 1.32. The SMILES string of the molecule is CCc1noc(C)c1C(=O)Nc1cnccc1C(=O)O. The topological polar surface area (TPSA) is 105 Å². The molecule has 0 aliphatic rings. The number of carboxylic acid groups (broad SMARTS) is 1. The van der Waals surface area contributed by atoms with Gasteiger partial charge in [-0.05, 0) is 19.4 Å². The number of carboxylic acids is 1. The highest BCUT2D eigenvalue weighted by molar-refractivity contribution is 6.08. The van der Waals surface area contributed by atoms with Gasteiger partial charge in [-0.1, -0.05) is 12.1 Å². The van der Waals surface area contributed by atoms with Gasteiger partial charge >= 0.3 is 5.97 Å². The van der Waals surface area contributed by atoms with Crippen LogP contribution in [0.5, 0.6) is 0 Å². The third kappa shape index (κ3) is 2.51. The minimum absolute atomic E-state index is 0.0273. The maximum atomic E-state index is 12.2. The average molecular weight is 275 g/mol. The van der Waals surface area contributed by atoms with Crippen LogP contribution in [0.15, 0.2) is 23.0 Å². The zero-order chi connectivity index (χ0) is 14.7. The Hall–Kier alpha value is -2.70. The lowest BCUT2D eigenvalue weighted by molar-refractivity contribution is 0.0698. The number of carbonyl (C=O) groups excluding carboxylic acids is 1. The molecule has 0 aromatic carbocycles. The Bertz CT molecular complexity index is 663. The second-order valence-electron chi connectivity index (χ2n) is 4.09. The summed E-state index contributed by atoms with van der Waals surface area (Å²) < 4.78 is 4.98. The summed E-state index contributed by atoms with van der Waals surface area (Å²) in [7, 11) is 0. The number of aromatic carboxylic acids is 1. The van der Waals surface area contributed by atoms with E-state index < -0.39 is 11.9 Å². The van der Waals surface area contributed by atoms with Crippen LogP contribution in [0.3, 0.4) is 0 Å². The molecule has 1 amide bonds. The number of amides is 1. The fourth-order valence-corrected chi connectivity index (χ4v) is 1.82. The predicted octanol–water partition coefficient (Wildman–Crippen LogP) is 1.89. The highest BCUT2D eigenvalue weighted by atomic mass is 16.5. The van der Waals surface area contributed by atoms with Crippen LogP contribution < -0.4 is 5.32 Å². The smallest absolute Gasteiger partial charge is 0.337 e. The molecule has 0 aliphatic carbocycles. The van der Waals surface area contributed by atoms with Gasteiger partial charge in [0.05, 0.1) is 23.1 Å². The van der Waals surface area contributed by atoms with Crippen LogP contribution in [-0.4, -0.2) is 27.1 Å². The van der Waals surface area contributed by atoms with Gasteiger partial charge in [0.25, 0.3) is 5.91 Å². The van der Waals surface area contributed by atoms with Gasteiger partial charge in [-0.3, -0.25) is 9.78 Å². The molecule has 2 heterocycles. The first-order valence-corrected chi connectivity index (χ1v) is 5.98. The van der Waals surface area contributed by atoms with E-state index in [2.05, 4.69) is 15.5 Å². The van der Waals surface area contributed by atoms with Crippen molar-refractivity contribution in [1.82, 2.24) is 10.1 Å². The van der Waals surface area contributed by atoms with Crippen molar-refractivity contribution in [2.45, 2.75) is 20.3 Å². The number of aromatic nitrogens is 2. The van der Waals surface area contributed by atoms with Gasteiger partial charge in [0, 0.05) is 6.20 Å². The maximum Gasteiger partial charge on any atom is 0.337 e. The summed E-state index contributed by atoms with van der Waals surface area (Å²) in [4.78, 5) is 27.1. The van der Waals surface area contributed by atoms with Crippen LogP contribution in [0.25, 0.3) is 0 Å². The molecular weight excluding hydrogens is 262 g/mol. The number of pyridine rings is 1. The molecule has 2 N–H and O–H groups in total. The molecule has 2 aromatic rings. The Morgan fingerprint density at radius 1 is 1.45 bits per heavy atom. The normalized spacial score (nSPS) is 10.3. The van der Waals surface area contributed by atoms with Gasteiger partial charge in [-0.15, -0.1) is 0 Å². The minimum Gasteiger partial charge on any atom is -0.478 e. The van der Waals surface area contributed by atoms with Gasteiger partial charge < -0.3 is 14.9 Å². The number of nitrogens with one attached hydrogen (secondary N) is 1. The second-order valence-corrected chi connectivity index (χ2v) is 4.09. The van der Waals surface area contributed by atoms with E-state index in [1.165, 1.54) is 18.5 Å². The molecule has 0 fully saturated rings. The van der Waals surface area contributed by atoms with Gasteiger partial charge in [0.15, 0.2) is 0 Å². The molecule has 0 aliphatic heterocycles. The molecule has 2 rings (SSSR count). The molecule has 0 radical (unpaired) electrons. The molecule has 0 bridgehead atoms. The van der Waals surface area contributed by atoms with Crippen LogP contribution in [0, 0.1) is 6.92 Å². The molecule has 0 unspecified atom stereocenters. The molecular formula is C13H13N3O4. The van der Waals surface area contributed by atoms with E-state index in [0.29, 0.717) is 23.4 Å². The number of nitrogens with zero attached hydrogens (tertiary/aromatic N) is 2. The molecule has 0 saturated carbocycles.